The second kappa shape index (κ2) is 10.2. The number of hydrogen-bond donors (Lipinski definition) is 0. The molecule has 0 aliphatic rings. The standard InChI is InChI=1S/C23H22ClN5O4S/c1-32-22-10-6-4-8-18(22)15-28(14-17-7-3-5-9-20(17)24)34(30,31)19-11-12-21(23(13-19)33-2)29-16-25-26-27-29/h3-13,16H,14-15H2,1-2H3. The molecule has 0 aliphatic heterocycles. The van der Waals surface area contributed by atoms with Crippen molar-refractivity contribution in [1.82, 2.24) is 24.5 Å². The van der Waals surface area contributed by atoms with E-state index in [1.54, 1.807) is 37.4 Å². The summed E-state index contributed by atoms with van der Waals surface area (Å²) in [6.07, 6.45) is 1.40. The van der Waals surface area contributed by atoms with E-state index in [0.29, 0.717) is 27.8 Å². The van der Waals surface area contributed by atoms with Crippen LogP contribution in [0.1, 0.15) is 11.1 Å². The molecule has 1 heterocycles. The van der Waals surface area contributed by atoms with Gasteiger partial charge in [-0.25, -0.2) is 8.42 Å². The smallest absolute Gasteiger partial charge is 0.243 e. The van der Waals surface area contributed by atoms with E-state index in [9.17, 15) is 8.42 Å². The van der Waals surface area contributed by atoms with Gasteiger partial charge < -0.3 is 9.47 Å². The first-order valence-corrected chi connectivity index (χ1v) is 12.0. The maximum absolute atomic E-state index is 13.9. The molecule has 0 bridgehead atoms. The van der Waals surface area contributed by atoms with Crippen molar-refractivity contribution in [2.45, 2.75) is 18.0 Å². The van der Waals surface area contributed by atoms with E-state index in [2.05, 4.69) is 15.5 Å². The highest BCUT2D eigenvalue weighted by Crippen LogP contribution is 2.31. The van der Waals surface area contributed by atoms with Crippen molar-refractivity contribution < 1.29 is 17.9 Å². The quantitative estimate of drug-likeness (QED) is 0.346. The Hall–Kier alpha value is -3.47. The van der Waals surface area contributed by atoms with Crippen LogP contribution in [-0.2, 0) is 23.1 Å². The second-order valence-electron chi connectivity index (χ2n) is 7.26. The Morgan fingerprint density at radius 3 is 2.26 bits per heavy atom. The van der Waals surface area contributed by atoms with Crippen LogP contribution in [0.15, 0.2) is 78.0 Å². The minimum atomic E-state index is -3.98. The molecule has 0 N–H and O–H groups in total. The zero-order valence-corrected chi connectivity index (χ0v) is 20.1. The van der Waals surface area contributed by atoms with Crippen molar-refractivity contribution in [2.24, 2.45) is 0 Å². The number of methoxy groups -OCH3 is 2. The lowest BCUT2D eigenvalue weighted by Crippen LogP contribution is -2.30. The highest BCUT2D eigenvalue weighted by atomic mass is 35.5. The summed E-state index contributed by atoms with van der Waals surface area (Å²) in [5, 5.41) is 11.6. The second-order valence-corrected chi connectivity index (χ2v) is 9.61. The lowest BCUT2D eigenvalue weighted by molar-refractivity contribution is 0.375. The maximum atomic E-state index is 13.9. The average Bonchev–Trinajstić information content (AvgIpc) is 3.39. The van der Waals surface area contributed by atoms with Crippen LogP contribution < -0.4 is 9.47 Å². The molecule has 34 heavy (non-hydrogen) atoms. The van der Waals surface area contributed by atoms with E-state index >= 15 is 0 Å². The predicted molar refractivity (Wildman–Crippen MR) is 127 cm³/mol. The van der Waals surface area contributed by atoms with E-state index in [4.69, 9.17) is 21.1 Å². The number of tetrazole rings is 1. The van der Waals surface area contributed by atoms with Crippen LogP contribution in [-0.4, -0.2) is 47.1 Å². The highest BCUT2D eigenvalue weighted by molar-refractivity contribution is 7.89. The molecule has 0 saturated carbocycles. The third kappa shape index (κ3) is 4.89. The molecule has 11 heteroatoms. The SMILES string of the molecule is COc1ccccc1CN(Cc1ccccc1Cl)S(=O)(=O)c1ccc(-n2cnnn2)c(OC)c1. The summed E-state index contributed by atoms with van der Waals surface area (Å²) in [6.45, 7) is 0.145. The van der Waals surface area contributed by atoms with Gasteiger partial charge in [-0.05, 0) is 40.3 Å². The lowest BCUT2D eigenvalue weighted by atomic mass is 10.2. The largest absolute Gasteiger partial charge is 0.496 e. The summed E-state index contributed by atoms with van der Waals surface area (Å²) >= 11 is 6.36. The normalized spacial score (nSPS) is 11.5. The fraction of sp³-hybridized carbons (Fsp3) is 0.174. The van der Waals surface area contributed by atoms with Crippen molar-refractivity contribution in [1.29, 1.82) is 0 Å². The molecule has 1 aromatic heterocycles. The molecule has 0 fully saturated rings. The number of benzene rings is 3. The van der Waals surface area contributed by atoms with Gasteiger partial charge in [-0.3, -0.25) is 0 Å². The van der Waals surface area contributed by atoms with Gasteiger partial charge in [0.2, 0.25) is 10.0 Å². The summed E-state index contributed by atoms with van der Waals surface area (Å²) in [4.78, 5) is 0.0585. The summed E-state index contributed by atoms with van der Waals surface area (Å²) in [6, 6.07) is 19.0. The zero-order valence-electron chi connectivity index (χ0n) is 18.5. The van der Waals surface area contributed by atoms with E-state index in [0.717, 1.165) is 5.56 Å². The van der Waals surface area contributed by atoms with Gasteiger partial charge in [0.25, 0.3) is 0 Å². The first-order valence-electron chi connectivity index (χ1n) is 10.2. The third-order valence-electron chi connectivity index (χ3n) is 5.23. The summed E-state index contributed by atoms with van der Waals surface area (Å²) in [5.41, 5.74) is 1.91. The molecule has 3 aromatic carbocycles. The molecular weight excluding hydrogens is 478 g/mol. The topological polar surface area (TPSA) is 99.4 Å². The lowest BCUT2D eigenvalue weighted by Gasteiger charge is -2.24. The molecule has 0 unspecified atom stereocenters. The summed E-state index contributed by atoms with van der Waals surface area (Å²) < 4.78 is 41.3. The number of nitrogens with zero attached hydrogens (tertiary/aromatic N) is 5. The third-order valence-corrected chi connectivity index (χ3v) is 7.38. The van der Waals surface area contributed by atoms with Gasteiger partial charge >= 0.3 is 0 Å². The van der Waals surface area contributed by atoms with Crippen molar-refractivity contribution in [3.05, 3.63) is 89.2 Å². The minimum absolute atomic E-state index is 0.0585. The number of halogens is 1. The fourth-order valence-electron chi connectivity index (χ4n) is 3.49. The van der Waals surface area contributed by atoms with Crippen LogP contribution in [0.4, 0.5) is 0 Å². The Morgan fingerprint density at radius 2 is 1.59 bits per heavy atom. The Morgan fingerprint density at radius 1 is 0.912 bits per heavy atom. The molecule has 0 radical (unpaired) electrons. The van der Waals surface area contributed by atoms with E-state index < -0.39 is 10.0 Å². The van der Waals surface area contributed by atoms with Crippen molar-refractivity contribution in [3.8, 4) is 17.2 Å². The molecule has 0 saturated heterocycles. The van der Waals surface area contributed by atoms with Crippen LogP contribution in [0.25, 0.3) is 5.69 Å². The number of aromatic nitrogens is 4. The zero-order chi connectivity index (χ0) is 24.1. The predicted octanol–water partition coefficient (Wildman–Crippen LogP) is 3.72. The molecule has 0 aliphatic carbocycles. The van der Waals surface area contributed by atoms with Crippen LogP contribution in [0.2, 0.25) is 5.02 Å². The molecule has 0 spiro atoms. The molecule has 4 aromatic rings. The van der Waals surface area contributed by atoms with Gasteiger partial charge in [0.1, 0.15) is 23.5 Å². The van der Waals surface area contributed by atoms with Gasteiger partial charge in [0, 0.05) is 29.7 Å². The molecule has 0 amide bonds. The number of ether oxygens (including phenoxy) is 2. The van der Waals surface area contributed by atoms with Gasteiger partial charge in [0.15, 0.2) is 0 Å². The Kier molecular flexibility index (Phi) is 7.11. The molecule has 9 nitrogen and oxygen atoms in total. The van der Waals surface area contributed by atoms with Gasteiger partial charge in [-0.2, -0.15) is 8.99 Å². The first-order chi connectivity index (χ1) is 16.4. The highest BCUT2D eigenvalue weighted by Gasteiger charge is 2.28. The van der Waals surface area contributed by atoms with E-state index in [1.165, 1.54) is 34.6 Å². The molecule has 4 rings (SSSR count). The van der Waals surface area contributed by atoms with Crippen molar-refractivity contribution >= 4 is 21.6 Å². The number of para-hydroxylation sites is 1. The Balaban J connectivity index is 1.77. The summed E-state index contributed by atoms with van der Waals surface area (Å²) in [7, 11) is -0.975. The first kappa shape index (κ1) is 23.7. The Labute approximate surface area is 202 Å². The molecule has 176 valence electrons. The van der Waals surface area contributed by atoms with E-state index in [1.807, 2.05) is 24.3 Å². The summed E-state index contributed by atoms with van der Waals surface area (Å²) in [5.74, 6) is 0.900. The average molecular weight is 500 g/mol. The van der Waals surface area contributed by atoms with Crippen LogP contribution in [0, 0.1) is 0 Å². The van der Waals surface area contributed by atoms with Crippen LogP contribution in [0.5, 0.6) is 11.5 Å². The fourth-order valence-corrected chi connectivity index (χ4v) is 5.10. The van der Waals surface area contributed by atoms with Gasteiger partial charge in [0.05, 0.1) is 19.1 Å². The van der Waals surface area contributed by atoms with Crippen LogP contribution in [0.3, 0.4) is 0 Å². The monoisotopic (exact) mass is 499 g/mol. The molecular formula is C23H22ClN5O4S. The van der Waals surface area contributed by atoms with Crippen molar-refractivity contribution in [2.75, 3.05) is 14.2 Å². The number of hydrogen-bond acceptors (Lipinski definition) is 7. The van der Waals surface area contributed by atoms with Crippen molar-refractivity contribution in [3.63, 3.8) is 0 Å². The Bertz CT molecular complexity index is 1380. The number of rotatable bonds is 9. The maximum Gasteiger partial charge on any atom is 0.243 e. The number of sulfonamides is 1. The van der Waals surface area contributed by atoms with Gasteiger partial charge in [-0.1, -0.05) is 48.0 Å². The van der Waals surface area contributed by atoms with Crippen LogP contribution >= 0.6 is 11.6 Å². The minimum Gasteiger partial charge on any atom is -0.496 e. The van der Waals surface area contributed by atoms with Gasteiger partial charge in [-0.15, -0.1) is 5.10 Å². The molecule has 0 atom stereocenters. The van der Waals surface area contributed by atoms with E-state index in [-0.39, 0.29) is 18.0 Å².